The Bertz CT molecular complexity index is 242. The molecule has 1 unspecified atom stereocenters. The first kappa shape index (κ1) is 11.4. The number of carbonyl (C=O) groups excluding carboxylic acids is 1. The lowest BCUT2D eigenvalue weighted by Gasteiger charge is -2.22. The summed E-state index contributed by atoms with van der Waals surface area (Å²) in [5, 5.41) is 0.478. The second-order valence-electron chi connectivity index (χ2n) is 4.33. The van der Waals surface area contributed by atoms with Crippen molar-refractivity contribution in [2.24, 2.45) is 4.99 Å². The molecule has 1 fully saturated rings. The molecule has 1 amide bonds. The molecule has 0 spiro atoms. The summed E-state index contributed by atoms with van der Waals surface area (Å²) in [7, 11) is 1.19. The Balaban J connectivity index is 2.45. The van der Waals surface area contributed by atoms with Crippen molar-refractivity contribution in [1.82, 2.24) is 4.90 Å². The fourth-order valence-corrected chi connectivity index (χ4v) is 2.40. The van der Waals surface area contributed by atoms with Gasteiger partial charge in [-0.05, 0) is 24.6 Å². The molecule has 1 rings (SSSR count). The largest absolute Gasteiger partial charge is 0.341 e. The summed E-state index contributed by atoms with van der Waals surface area (Å²) in [6.07, 6.45) is 4.10. The van der Waals surface area contributed by atoms with Gasteiger partial charge in [-0.1, -0.05) is 13.3 Å². The van der Waals surface area contributed by atoms with Crippen LogP contribution in [0.4, 0.5) is 0 Å². The van der Waals surface area contributed by atoms with Gasteiger partial charge >= 0.3 is 0 Å². The van der Waals surface area contributed by atoms with Gasteiger partial charge in [-0.25, -0.2) is 0 Å². The van der Waals surface area contributed by atoms with Gasteiger partial charge in [0.05, 0.1) is 0 Å². The highest BCUT2D eigenvalue weighted by Crippen LogP contribution is 2.37. The third kappa shape index (κ3) is 2.67. The van der Waals surface area contributed by atoms with Crippen LogP contribution in [0.25, 0.3) is 0 Å². The molecule has 14 heavy (non-hydrogen) atoms. The molecule has 1 saturated heterocycles. The SMILES string of the molecule is CC=NCC(=O)N1CCC([SiH3])(CC)C1. The second kappa shape index (κ2) is 4.73. The lowest BCUT2D eigenvalue weighted by molar-refractivity contribution is -0.128. The van der Waals surface area contributed by atoms with Crippen LogP contribution >= 0.6 is 0 Å². The molecule has 0 bridgehead atoms. The molecule has 1 aliphatic heterocycles. The number of hydrogen-bond donors (Lipinski definition) is 0. The van der Waals surface area contributed by atoms with E-state index in [9.17, 15) is 4.79 Å². The lowest BCUT2D eigenvalue weighted by atomic mass is 10.1. The zero-order chi connectivity index (χ0) is 10.6. The first-order valence-electron chi connectivity index (χ1n) is 5.33. The van der Waals surface area contributed by atoms with Gasteiger partial charge in [-0.3, -0.25) is 9.79 Å². The van der Waals surface area contributed by atoms with E-state index < -0.39 is 0 Å². The van der Waals surface area contributed by atoms with Crippen molar-refractivity contribution in [3.05, 3.63) is 0 Å². The molecule has 0 saturated carbocycles. The highest BCUT2D eigenvalue weighted by atomic mass is 28.1. The minimum Gasteiger partial charge on any atom is -0.341 e. The zero-order valence-electron chi connectivity index (χ0n) is 9.42. The van der Waals surface area contributed by atoms with Crippen molar-refractivity contribution in [1.29, 1.82) is 0 Å². The monoisotopic (exact) mass is 212 g/mol. The molecule has 1 heterocycles. The standard InChI is InChI=1S/C10H20N2OSi/c1-3-10(14)5-6-12(8-10)9(13)7-11-4-2/h4H,3,5-8H2,1-2,14H3. The van der Waals surface area contributed by atoms with E-state index >= 15 is 0 Å². The van der Waals surface area contributed by atoms with E-state index in [2.05, 4.69) is 11.9 Å². The summed E-state index contributed by atoms with van der Waals surface area (Å²) in [6, 6.07) is 0. The van der Waals surface area contributed by atoms with E-state index in [0.29, 0.717) is 11.6 Å². The van der Waals surface area contributed by atoms with E-state index in [1.54, 1.807) is 6.21 Å². The first-order chi connectivity index (χ1) is 6.61. The predicted octanol–water partition coefficient (Wildman–Crippen LogP) is 0.244. The lowest BCUT2D eigenvalue weighted by Crippen LogP contribution is -2.31. The average molecular weight is 212 g/mol. The fraction of sp³-hybridized carbons (Fsp3) is 0.800. The molecular formula is C10H20N2OSi. The van der Waals surface area contributed by atoms with Crippen molar-refractivity contribution in [2.45, 2.75) is 31.7 Å². The third-order valence-electron chi connectivity index (χ3n) is 3.17. The zero-order valence-corrected chi connectivity index (χ0v) is 11.4. The number of hydrogen-bond acceptors (Lipinski definition) is 2. The van der Waals surface area contributed by atoms with Crippen LogP contribution in [0.15, 0.2) is 4.99 Å². The molecule has 0 aromatic heterocycles. The van der Waals surface area contributed by atoms with Crippen molar-refractivity contribution in [3.63, 3.8) is 0 Å². The van der Waals surface area contributed by atoms with Crippen molar-refractivity contribution < 1.29 is 4.79 Å². The quantitative estimate of drug-likeness (QED) is 0.487. The molecule has 0 aliphatic carbocycles. The number of amides is 1. The topological polar surface area (TPSA) is 32.7 Å². The Morgan fingerprint density at radius 1 is 1.71 bits per heavy atom. The van der Waals surface area contributed by atoms with Crippen LogP contribution in [0.2, 0.25) is 5.04 Å². The highest BCUT2D eigenvalue weighted by Gasteiger charge is 2.33. The number of rotatable bonds is 3. The summed E-state index contributed by atoms with van der Waals surface area (Å²) in [5.41, 5.74) is 0. The summed E-state index contributed by atoms with van der Waals surface area (Å²) < 4.78 is 0. The molecule has 1 aliphatic rings. The number of carbonyl (C=O) groups is 1. The van der Waals surface area contributed by atoms with E-state index in [4.69, 9.17) is 0 Å². The summed E-state index contributed by atoms with van der Waals surface area (Å²) in [4.78, 5) is 17.6. The Hall–Kier alpha value is -0.643. The normalized spacial score (nSPS) is 27.7. The van der Waals surface area contributed by atoms with Crippen LogP contribution in [0.5, 0.6) is 0 Å². The third-order valence-corrected chi connectivity index (χ3v) is 4.70. The number of aliphatic imine (C=N–C) groups is 1. The van der Waals surface area contributed by atoms with Crippen LogP contribution in [0.3, 0.4) is 0 Å². The van der Waals surface area contributed by atoms with Crippen LogP contribution in [0, 0.1) is 0 Å². The summed E-state index contributed by atoms with van der Waals surface area (Å²) in [5.74, 6) is 0.189. The predicted molar refractivity (Wildman–Crippen MR) is 63.2 cm³/mol. The molecule has 80 valence electrons. The van der Waals surface area contributed by atoms with Crippen LogP contribution in [-0.2, 0) is 4.79 Å². The van der Waals surface area contributed by atoms with Gasteiger partial charge in [-0.2, -0.15) is 0 Å². The van der Waals surface area contributed by atoms with Crippen LogP contribution < -0.4 is 0 Å². The molecule has 0 radical (unpaired) electrons. The van der Waals surface area contributed by atoms with Gasteiger partial charge in [0.15, 0.2) is 0 Å². The van der Waals surface area contributed by atoms with E-state index in [-0.39, 0.29) is 5.91 Å². The van der Waals surface area contributed by atoms with Crippen molar-refractivity contribution in [3.8, 4) is 0 Å². The molecular weight excluding hydrogens is 192 g/mol. The van der Waals surface area contributed by atoms with E-state index in [1.807, 2.05) is 11.8 Å². The van der Waals surface area contributed by atoms with Crippen LogP contribution in [-0.4, -0.2) is 46.9 Å². The van der Waals surface area contributed by atoms with Gasteiger partial charge in [0.2, 0.25) is 5.91 Å². The van der Waals surface area contributed by atoms with Gasteiger partial charge in [0, 0.05) is 23.3 Å². The highest BCUT2D eigenvalue weighted by molar-refractivity contribution is 6.15. The maximum absolute atomic E-state index is 11.6. The minimum absolute atomic E-state index is 0.189. The maximum atomic E-state index is 11.6. The molecule has 0 N–H and O–H groups in total. The summed E-state index contributed by atoms with van der Waals surface area (Å²) >= 11 is 0. The van der Waals surface area contributed by atoms with Gasteiger partial charge in [0.25, 0.3) is 0 Å². The fourth-order valence-electron chi connectivity index (χ4n) is 1.79. The second-order valence-corrected chi connectivity index (χ2v) is 6.45. The minimum atomic E-state index is 0.189. The maximum Gasteiger partial charge on any atom is 0.244 e. The van der Waals surface area contributed by atoms with Crippen molar-refractivity contribution >= 4 is 22.4 Å². The Morgan fingerprint density at radius 3 is 2.93 bits per heavy atom. The number of likely N-dealkylation sites (tertiary alicyclic amines) is 1. The molecule has 1 atom stereocenters. The van der Waals surface area contributed by atoms with E-state index in [1.165, 1.54) is 23.1 Å². The Kier molecular flexibility index (Phi) is 3.86. The molecule has 3 nitrogen and oxygen atoms in total. The average Bonchev–Trinajstić information content (AvgIpc) is 2.58. The van der Waals surface area contributed by atoms with Crippen molar-refractivity contribution in [2.75, 3.05) is 19.6 Å². The smallest absolute Gasteiger partial charge is 0.244 e. The first-order valence-corrected chi connectivity index (χ1v) is 6.33. The molecule has 4 heteroatoms. The molecule has 0 aromatic carbocycles. The van der Waals surface area contributed by atoms with E-state index in [0.717, 1.165) is 13.1 Å². The van der Waals surface area contributed by atoms with Crippen LogP contribution in [0.1, 0.15) is 26.7 Å². The number of nitrogens with zero attached hydrogens (tertiary/aromatic N) is 2. The van der Waals surface area contributed by atoms with Gasteiger partial charge in [0.1, 0.15) is 6.54 Å². The summed E-state index contributed by atoms with van der Waals surface area (Å²) in [6.45, 7) is 6.31. The Labute approximate surface area is 89.0 Å². The Morgan fingerprint density at radius 2 is 2.43 bits per heavy atom. The van der Waals surface area contributed by atoms with Gasteiger partial charge in [-0.15, -0.1) is 0 Å². The van der Waals surface area contributed by atoms with Gasteiger partial charge < -0.3 is 4.90 Å². The molecule has 0 aromatic rings.